The fourth-order valence-electron chi connectivity index (χ4n) is 15.2. The molecule has 8 rings (SSSR count). The molecule has 0 aromatic carbocycles. The van der Waals surface area contributed by atoms with Crippen LogP contribution in [0.25, 0.3) is 0 Å². The first kappa shape index (κ1) is 43.6. The standard InChI is InChI=1S/C43H70O15/c1-21(45)54-29-28(48)23(47)19-53-34(29)58-43(52)32(49)25(18-44)56-35(33(43)50)55-24-16-26-39(7)17-22(46)30(40(8)13-10-27(57-40)37(4,5)51)38(39,6)14-15-41(26)20-42(41)12-9-11-36(2,3)31(24)42/h22-35,44,46-52H,9-20H2,1-8H3/t22-,23+,24?,25+,26+,27?,28-,29+,30-,31+,32+,33+,34-,35?,38+,39-,40+,41-,42+,43+/m0/s1. The molecular weight excluding hydrogens is 756 g/mol. The Morgan fingerprint density at radius 2 is 1.57 bits per heavy atom. The van der Waals surface area contributed by atoms with Gasteiger partial charge in [0.25, 0.3) is 0 Å². The first-order valence-corrected chi connectivity index (χ1v) is 21.8. The Balaban J connectivity index is 1.12. The summed E-state index contributed by atoms with van der Waals surface area (Å²) in [6.45, 7) is 14.7. The molecule has 8 fully saturated rings. The molecule has 20 atom stereocenters. The molecule has 15 nitrogen and oxygen atoms in total. The zero-order chi connectivity index (χ0) is 42.4. The van der Waals surface area contributed by atoms with Gasteiger partial charge in [-0.2, -0.15) is 0 Å². The average molecular weight is 827 g/mol. The van der Waals surface area contributed by atoms with Gasteiger partial charge in [-0.25, -0.2) is 0 Å². The van der Waals surface area contributed by atoms with Gasteiger partial charge in [-0.1, -0.05) is 34.1 Å². The van der Waals surface area contributed by atoms with Gasteiger partial charge in [0.1, 0.15) is 24.4 Å². The van der Waals surface area contributed by atoms with Crippen LogP contribution in [0, 0.1) is 44.8 Å². The van der Waals surface area contributed by atoms with Crippen molar-refractivity contribution < 1.29 is 74.1 Å². The Hall–Kier alpha value is -1.05. The summed E-state index contributed by atoms with van der Waals surface area (Å²) in [5, 5.41) is 89.9. The van der Waals surface area contributed by atoms with E-state index in [0.717, 1.165) is 51.9 Å². The predicted molar refractivity (Wildman–Crippen MR) is 203 cm³/mol. The summed E-state index contributed by atoms with van der Waals surface area (Å²) in [6.07, 6.45) is -6.46. The van der Waals surface area contributed by atoms with Crippen molar-refractivity contribution in [3.8, 4) is 0 Å². The largest absolute Gasteiger partial charge is 0.454 e. The van der Waals surface area contributed by atoms with E-state index >= 15 is 0 Å². The third-order valence-corrected chi connectivity index (χ3v) is 17.8. The van der Waals surface area contributed by atoms with Crippen LogP contribution in [0.4, 0.5) is 0 Å². The van der Waals surface area contributed by atoms with E-state index in [1.807, 2.05) is 0 Å². The van der Waals surface area contributed by atoms with Gasteiger partial charge >= 0.3 is 5.97 Å². The van der Waals surface area contributed by atoms with E-state index in [1.165, 1.54) is 0 Å². The SMILES string of the molecule is CC(=O)O[C@H]1[C@H](O[C@@]2(O)[C@H](O)C(OC3C[C@H]4[C@]5(CC[C@]6(C)[C@@H]([C@@]7(C)CCC(C(C)(C)O)O7)[C@@H](O)C[C@@]46C)C[C@@]54CCCC(C)(C)[C@@H]34)O[C@H](CO)[C@H]2O)OC[C@@H](O)[C@@H]1O. The van der Waals surface area contributed by atoms with Gasteiger partial charge in [0.2, 0.25) is 12.1 Å². The summed E-state index contributed by atoms with van der Waals surface area (Å²) in [6, 6.07) is 0. The molecule has 0 aromatic rings. The summed E-state index contributed by atoms with van der Waals surface area (Å²) in [4.78, 5) is 12.0. The van der Waals surface area contributed by atoms with Crippen LogP contribution in [0.2, 0.25) is 0 Å². The Labute approximate surface area is 341 Å². The van der Waals surface area contributed by atoms with Gasteiger partial charge in [-0.15, -0.1) is 0 Å². The van der Waals surface area contributed by atoms with E-state index in [1.54, 1.807) is 13.8 Å². The number of aliphatic hydroxyl groups excluding tert-OH is 6. The number of carbonyl (C=O) groups is 1. The molecule has 5 aliphatic carbocycles. The first-order valence-electron chi connectivity index (χ1n) is 21.8. The maximum atomic E-state index is 12.2. The molecule has 332 valence electrons. The number of hydrogen-bond donors (Lipinski definition) is 8. The predicted octanol–water partition coefficient (Wildman–Crippen LogP) is 1.64. The molecule has 0 radical (unpaired) electrons. The number of fused-ring (bicyclic) bond motifs is 2. The van der Waals surface area contributed by atoms with Crippen LogP contribution in [0.3, 0.4) is 0 Å². The lowest BCUT2D eigenvalue weighted by Crippen LogP contribution is -2.71. The minimum absolute atomic E-state index is 0.0281. The van der Waals surface area contributed by atoms with Crippen LogP contribution in [-0.4, -0.2) is 145 Å². The normalized spacial score (nSPS) is 56.1. The zero-order valence-electron chi connectivity index (χ0n) is 35.5. The molecule has 3 aliphatic heterocycles. The molecule has 58 heavy (non-hydrogen) atoms. The Morgan fingerprint density at radius 3 is 2.21 bits per heavy atom. The van der Waals surface area contributed by atoms with E-state index in [2.05, 4.69) is 34.6 Å². The highest BCUT2D eigenvalue weighted by atomic mass is 16.8. The van der Waals surface area contributed by atoms with E-state index < -0.39 is 97.6 Å². The topological polar surface area (TPSA) is 234 Å². The Kier molecular flexibility index (Phi) is 10.5. The van der Waals surface area contributed by atoms with Crippen molar-refractivity contribution in [1.29, 1.82) is 0 Å². The Bertz CT molecular complexity index is 1590. The van der Waals surface area contributed by atoms with Gasteiger partial charge in [0, 0.05) is 12.8 Å². The van der Waals surface area contributed by atoms with Gasteiger partial charge < -0.3 is 69.3 Å². The summed E-state index contributed by atoms with van der Waals surface area (Å²) in [5.74, 6) is -3.75. The third kappa shape index (κ3) is 6.10. The van der Waals surface area contributed by atoms with Crippen LogP contribution in [0.5, 0.6) is 0 Å². The fourth-order valence-corrected chi connectivity index (χ4v) is 15.2. The molecule has 0 bridgehead atoms. The third-order valence-electron chi connectivity index (χ3n) is 17.8. The molecule has 3 saturated heterocycles. The quantitative estimate of drug-likeness (QED) is 0.0988. The molecule has 15 heteroatoms. The Morgan fingerprint density at radius 1 is 0.862 bits per heavy atom. The second-order valence-electron chi connectivity index (χ2n) is 21.8. The molecule has 2 spiro atoms. The van der Waals surface area contributed by atoms with Gasteiger partial charge in [-0.3, -0.25) is 4.79 Å². The van der Waals surface area contributed by atoms with Crippen molar-refractivity contribution >= 4 is 5.97 Å². The molecule has 3 unspecified atom stereocenters. The van der Waals surface area contributed by atoms with E-state index in [4.69, 9.17) is 28.4 Å². The van der Waals surface area contributed by atoms with Crippen LogP contribution in [0.1, 0.15) is 120 Å². The minimum atomic E-state index is -2.91. The summed E-state index contributed by atoms with van der Waals surface area (Å²) in [7, 11) is 0. The fraction of sp³-hybridized carbons (Fsp3) is 0.977. The number of esters is 1. The van der Waals surface area contributed by atoms with Gasteiger partial charge in [-0.05, 0) is 117 Å². The zero-order valence-corrected chi connectivity index (χ0v) is 35.5. The number of rotatable bonds is 8. The lowest BCUT2D eigenvalue weighted by molar-refractivity contribution is -0.442. The van der Waals surface area contributed by atoms with Crippen molar-refractivity contribution in [3.63, 3.8) is 0 Å². The smallest absolute Gasteiger partial charge is 0.303 e. The summed E-state index contributed by atoms with van der Waals surface area (Å²) in [5.41, 5.74) is -2.49. The maximum Gasteiger partial charge on any atom is 0.303 e. The summed E-state index contributed by atoms with van der Waals surface area (Å²) < 4.78 is 36.4. The second-order valence-corrected chi connectivity index (χ2v) is 21.8. The number of ether oxygens (including phenoxy) is 6. The van der Waals surface area contributed by atoms with Crippen molar-refractivity contribution in [2.75, 3.05) is 13.2 Å². The van der Waals surface area contributed by atoms with Crippen molar-refractivity contribution in [2.45, 2.75) is 204 Å². The van der Waals surface area contributed by atoms with Gasteiger partial charge in [0.15, 0.2) is 18.5 Å². The van der Waals surface area contributed by atoms with Crippen LogP contribution < -0.4 is 0 Å². The lowest BCUT2D eigenvalue weighted by atomic mass is 9.41. The average Bonchev–Trinajstić information content (AvgIpc) is 3.47. The maximum absolute atomic E-state index is 12.2. The number of aliphatic hydroxyl groups is 8. The van der Waals surface area contributed by atoms with Crippen molar-refractivity contribution in [3.05, 3.63) is 0 Å². The molecule has 8 aliphatic rings. The number of hydrogen-bond acceptors (Lipinski definition) is 15. The highest BCUT2D eigenvalue weighted by Crippen LogP contribution is 2.89. The molecule has 3 heterocycles. The highest BCUT2D eigenvalue weighted by molar-refractivity contribution is 5.66. The molecule has 0 amide bonds. The van der Waals surface area contributed by atoms with Crippen LogP contribution >= 0.6 is 0 Å². The van der Waals surface area contributed by atoms with E-state index in [9.17, 15) is 45.6 Å². The second kappa shape index (κ2) is 14.0. The first-order chi connectivity index (χ1) is 26.8. The molecule has 5 saturated carbocycles. The highest BCUT2D eigenvalue weighted by Gasteiger charge is 2.84. The molecule has 0 aromatic heterocycles. The number of carbonyl (C=O) groups excluding carboxylic acids is 1. The molecule has 8 N–H and O–H groups in total. The monoisotopic (exact) mass is 826 g/mol. The minimum Gasteiger partial charge on any atom is -0.454 e. The van der Waals surface area contributed by atoms with E-state index in [-0.39, 0.29) is 50.9 Å². The van der Waals surface area contributed by atoms with Crippen molar-refractivity contribution in [1.82, 2.24) is 0 Å². The molecular formula is C43H70O15. The van der Waals surface area contributed by atoms with Crippen molar-refractivity contribution in [2.24, 2.45) is 44.8 Å². The van der Waals surface area contributed by atoms with Gasteiger partial charge in [0.05, 0.1) is 42.7 Å². The summed E-state index contributed by atoms with van der Waals surface area (Å²) >= 11 is 0. The van der Waals surface area contributed by atoms with Crippen LogP contribution in [-0.2, 0) is 33.2 Å². The lowest BCUT2D eigenvalue weighted by Gasteiger charge is -2.64. The van der Waals surface area contributed by atoms with E-state index in [0.29, 0.717) is 19.3 Å². The van der Waals surface area contributed by atoms with Crippen LogP contribution in [0.15, 0.2) is 0 Å².